The second kappa shape index (κ2) is 7.32. The molecule has 0 aromatic carbocycles. The zero-order valence-electron chi connectivity index (χ0n) is 14.2. The molecule has 1 saturated heterocycles. The summed E-state index contributed by atoms with van der Waals surface area (Å²) in [6.45, 7) is 4.91. The van der Waals surface area contributed by atoms with Gasteiger partial charge in [0.25, 0.3) is 0 Å². The number of aliphatic hydroxyl groups is 1. The van der Waals surface area contributed by atoms with Crippen molar-refractivity contribution in [3.8, 4) is 0 Å². The highest BCUT2D eigenvalue weighted by Crippen LogP contribution is 2.49. The normalized spacial score (nSPS) is 46.7. The minimum Gasteiger partial charge on any atom is -0.390 e. The number of hydrogen-bond donors (Lipinski definition) is 1. The van der Waals surface area contributed by atoms with Crippen molar-refractivity contribution in [3.63, 3.8) is 0 Å². The largest absolute Gasteiger partial charge is 0.390 e. The Kier molecular flexibility index (Phi) is 5.59. The topological polar surface area (TPSA) is 38.7 Å². The average Bonchev–Trinajstić information content (AvgIpc) is 2.89. The van der Waals surface area contributed by atoms with E-state index in [9.17, 15) is 13.9 Å². The molecule has 2 aliphatic carbocycles. The van der Waals surface area contributed by atoms with E-state index in [2.05, 4.69) is 13.8 Å². The van der Waals surface area contributed by atoms with Gasteiger partial charge in [0.15, 0.2) is 12.3 Å². The van der Waals surface area contributed by atoms with Crippen molar-refractivity contribution in [1.82, 2.24) is 0 Å². The molecule has 0 bridgehead atoms. The van der Waals surface area contributed by atoms with Gasteiger partial charge in [0.2, 0.25) is 0 Å². The molecule has 23 heavy (non-hydrogen) atoms. The Morgan fingerprint density at radius 2 is 1.70 bits per heavy atom. The van der Waals surface area contributed by atoms with E-state index in [1.165, 1.54) is 0 Å². The third-order valence-electron chi connectivity index (χ3n) is 5.90. The second-order valence-corrected chi connectivity index (χ2v) is 7.95. The lowest BCUT2D eigenvalue weighted by Crippen LogP contribution is -2.45. The van der Waals surface area contributed by atoms with Crippen LogP contribution >= 0.6 is 0 Å². The number of alkyl halides is 2. The van der Waals surface area contributed by atoms with E-state index in [4.69, 9.17) is 9.47 Å². The van der Waals surface area contributed by atoms with Crippen LogP contribution in [-0.2, 0) is 9.47 Å². The molecule has 2 saturated carbocycles. The summed E-state index contributed by atoms with van der Waals surface area (Å²) in [6, 6.07) is 0. The highest BCUT2D eigenvalue weighted by molar-refractivity contribution is 5.04. The van der Waals surface area contributed by atoms with Gasteiger partial charge in [0.1, 0.15) is 0 Å². The molecule has 0 radical (unpaired) electrons. The molecule has 3 rings (SSSR count). The third-order valence-corrected chi connectivity index (χ3v) is 5.90. The van der Waals surface area contributed by atoms with Crippen LogP contribution in [-0.4, -0.2) is 48.5 Å². The Balaban J connectivity index is 1.55. The van der Waals surface area contributed by atoms with Crippen molar-refractivity contribution >= 4 is 0 Å². The number of aliphatic hydroxyl groups excluding tert-OH is 1. The molecule has 0 spiro atoms. The van der Waals surface area contributed by atoms with Crippen LogP contribution in [0.25, 0.3) is 0 Å². The van der Waals surface area contributed by atoms with E-state index >= 15 is 0 Å². The molecule has 134 valence electrons. The van der Waals surface area contributed by atoms with Crippen molar-refractivity contribution < 1.29 is 23.4 Å². The molecule has 3 fully saturated rings. The van der Waals surface area contributed by atoms with E-state index in [-0.39, 0.29) is 11.8 Å². The SMILES string of the molecule is CC(C)CCCOC1CCC2C3CCC(O)C(F)C3OC2C1F. The van der Waals surface area contributed by atoms with Crippen molar-refractivity contribution in [1.29, 1.82) is 0 Å². The summed E-state index contributed by atoms with van der Waals surface area (Å²) in [5, 5.41) is 9.69. The van der Waals surface area contributed by atoms with E-state index in [0.29, 0.717) is 25.4 Å². The average molecular weight is 332 g/mol. The summed E-state index contributed by atoms with van der Waals surface area (Å²) in [5.74, 6) is 0.763. The Bertz CT molecular complexity index is 392. The van der Waals surface area contributed by atoms with Crippen LogP contribution in [0.15, 0.2) is 0 Å². The molecule has 1 aliphatic heterocycles. The number of rotatable bonds is 5. The van der Waals surface area contributed by atoms with Gasteiger partial charge in [-0.25, -0.2) is 8.78 Å². The van der Waals surface area contributed by atoms with E-state index < -0.39 is 36.8 Å². The quantitative estimate of drug-likeness (QED) is 0.784. The Morgan fingerprint density at radius 3 is 2.39 bits per heavy atom. The predicted molar refractivity (Wildman–Crippen MR) is 83.7 cm³/mol. The van der Waals surface area contributed by atoms with Crippen LogP contribution in [0.4, 0.5) is 8.78 Å². The molecular weight excluding hydrogens is 302 g/mol. The van der Waals surface area contributed by atoms with Crippen LogP contribution < -0.4 is 0 Å². The van der Waals surface area contributed by atoms with Crippen LogP contribution in [0.2, 0.25) is 0 Å². The summed E-state index contributed by atoms with van der Waals surface area (Å²) in [7, 11) is 0. The van der Waals surface area contributed by atoms with Crippen LogP contribution in [0.3, 0.4) is 0 Å². The fraction of sp³-hybridized carbons (Fsp3) is 1.00. The molecule has 0 aromatic rings. The molecule has 5 heteroatoms. The van der Waals surface area contributed by atoms with Gasteiger partial charge in [0.05, 0.1) is 24.4 Å². The first-order chi connectivity index (χ1) is 11.0. The van der Waals surface area contributed by atoms with Crippen LogP contribution in [0.1, 0.15) is 52.4 Å². The summed E-state index contributed by atoms with van der Waals surface area (Å²) in [6.07, 6.45) is -0.383. The van der Waals surface area contributed by atoms with Gasteiger partial charge in [-0.1, -0.05) is 13.8 Å². The second-order valence-electron chi connectivity index (χ2n) is 7.95. The minimum atomic E-state index is -1.38. The summed E-state index contributed by atoms with van der Waals surface area (Å²) < 4.78 is 40.5. The first kappa shape index (κ1) is 17.6. The Morgan fingerprint density at radius 1 is 1.04 bits per heavy atom. The highest BCUT2D eigenvalue weighted by atomic mass is 19.1. The van der Waals surface area contributed by atoms with Gasteiger partial charge in [0, 0.05) is 6.61 Å². The molecule has 1 heterocycles. The Labute approximate surface area is 137 Å². The third kappa shape index (κ3) is 3.57. The molecule has 1 N–H and O–H groups in total. The minimum absolute atomic E-state index is 0.0542. The van der Waals surface area contributed by atoms with Crippen LogP contribution in [0.5, 0.6) is 0 Å². The number of fused-ring (bicyclic) bond motifs is 3. The summed E-state index contributed by atoms with van der Waals surface area (Å²) >= 11 is 0. The monoisotopic (exact) mass is 332 g/mol. The number of hydrogen-bond acceptors (Lipinski definition) is 3. The fourth-order valence-electron chi connectivity index (χ4n) is 4.62. The molecule has 8 unspecified atom stereocenters. The van der Waals surface area contributed by atoms with Crippen molar-refractivity contribution in [2.75, 3.05) is 6.61 Å². The molecule has 3 aliphatic rings. The van der Waals surface area contributed by atoms with E-state index in [1.54, 1.807) is 0 Å². The first-order valence-electron chi connectivity index (χ1n) is 9.22. The molecule has 0 amide bonds. The zero-order valence-corrected chi connectivity index (χ0v) is 14.2. The standard InChI is InChI=1S/C18H30F2O3/c1-10(2)4-3-9-22-14-8-6-12-11-5-7-13(21)15(19)17(11)23-18(12)16(14)20/h10-18,21H,3-9H2,1-2H3. The predicted octanol–water partition coefficient (Wildman–Crippen LogP) is 3.43. The Hall–Kier alpha value is -0.260. The zero-order chi connectivity index (χ0) is 16.6. The molecule has 3 nitrogen and oxygen atoms in total. The van der Waals surface area contributed by atoms with Crippen molar-refractivity contribution in [2.45, 2.75) is 89.1 Å². The molecule has 0 aromatic heterocycles. The van der Waals surface area contributed by atoms with Gasteiger partial charge in [-0.3, -0.25) is 0 Å². The smallest absolute Gasteiger partial charge is 0.152 e. The van der Waals surface area contributed by atoms with Crippen molar-refractivity contribution in [3.05, 3.63) is 0 Å². The van der Waals surface area contributed by atoms with Crippen molar-refractivity contribution in [2.24, 2.45) is 17.8 Å². The highest BCUT2D eigenvalue weighted by Gasteiger charge is 2.56. The first-order valence-corrected chi connectivity index (χ1v) is 9.22. The summed E-state index contributed by atoms with van der Waals surface area (Å²) in [5.41, 5.74) is 0. The van der Waals surface area contributed by atoms with Gasteiger partial charge in [-0.05, 0) is 56.3 Å². The molecule has 8 atom stereocenters. The lowest BCUT2D eigenvalue weighted by Gasteiger charge is -2.36. The van der Waals surface area contributed by atoms with Gasteiger partial charge in [-0.2, -0.15) is 0 Å². The van der Waals surface area contributed by atoms with Gasteiger partial charge < -0.3 is 14.6 Å². The maximum Gasteiger partial charge on any atom is 0.152 e. The van der Waals surface area contributed by atoms with Crippen LogP contribution in [0, 0.1) is 17.8 Å². The lowest BCUT2D eigenvalue weighted by molar-refractivity contribution is -0.126. The van der Waals surface area contributed by atoms with E-state index in [0.717, 1.165) is 25.7 Å². The molecular formula is C18H30F2O3. The summed E-state index contributed by atoms with van der Waals surface area (Å²) in [4.78, 5) is 0. The van der Waals surface area contributed by atoms with Gasteiger partial charge in [-0.15, -0.1) is 0 Å². The number of halogens is 2. The maximum absolute atomic E-state index is 14.8. The lowest BCUT2D eigenvalue weighted by atomic mass is 9.71. The van der Waals surface area contributed by atoms with Gasteiger partial charge >= 0.3 is 0 Å². The fourth-order valence-corrected chi connectivity index (χ4v) is 4.62. The maximum atomic E-state index is 14.8. The van der Waals surface area contributed by atoms with E-state index in [1.807, 2.05) is 0 Å². The number of ether oxygens (including phenoxy) is 2.